The lowest BCUT2D eigenvalue weighted by atomic mass is 9.87. The molecule has 0 spiro atoms. The smallest absolute Gasteiger partial charge is 0.0361 e. The van der Waals surface area contributed by atoms with Crippen molar-refractivity contribution in [2.24, 2.45) is 11.7 Å². The van der Waals surface area contributed by atoms with Crippen LogP contribution in [-0.4, -0.2) is 33.2 Å². The summed E-state index contributed by atoms with van der Waals surface area (Å²) >= 11 is 0. The molecular formula is C15H25N3. The van der Waals surface area contributed by atoms with E-state index in [2.05, 4.69) is 48.6 Å². The van der Waals surface area contributed by atoms with E-state index in [0.717, 1.165) is 19.5 Å². The van der Waals surface area contributed by atoms with E-state index in [-0.39, 0.29) is 0 Å². The van der Waals surface area contributed by atoms with Gasteiger partial charge in [-0.25, -0.2) is 0 Å². The van der Waals surface area contributed by atoms with E-state index in [9.17, 15) is 0 Å². The summed E-state index contributed by atoms with van der Waals surface area (Å²) in [6, 6.07) is 9.05. The Morgan fingerprint density at radius 3 is 2.39 bits per heavy atom. The van der Waals surface area contributed by atoms with Crippen LogP contribution in [-0.2, 0) is 6.42 Å². The third kappa shape index (κ3) is 3.47. The van der Waals surface area contributed by atoms with Crippen molar-refractivity contribution in [3.8, 4) is 0 Å². The Morgan fingerprint density at radius 2 is 1.83 bits per heavy atom. The number of hydrogen-bond donors (Lipinski definition) is 2. The van der Waals surface area contributed by atoms with Crippen LogP contribution in [0.1, 0.15) is 18.4 Å². The zero-order valence-corrected chi connectivity index (χ0v) is 11.5. The zero-order valence-electron chi connectivity index (χ0n) is 11.5. The van der Waals surface area contributed by atoms with E-state index in [1.54, 1.807) is 0 Å². The maximum Gasteiger partial charge on any atom is 0.0361 e. The van der Waals surface area contributed by atoms with E-state index < -0.39 is 0 Å². The molecule has 0 amide bonds. The van der Waals surface area contributed by atoms with Crippen molar-refractivity contribution in [3.63, 3.8) is 0 Å². The van der Waals surface area contributed by atoms with E-state index in [4.69, 9.17) is 5.73 Å². The molecule has 1 aromatic rings. The molecule has 3 nitrogen and oxygen atoms in total. The van der Waals surface area contributed by atoms with Gasteiger partial charge in [-0.05, 0) is 56.0 Å². The highest BCUT2D eigenvalue weighted by Gasteiger charge is 2.20. The molecule has 0 saturated carbocycles. The molecule has 18 heavy (non-hydrogen) atoms. The van der Waals surface area contributed by atoms with Gasteiger partial charge in [-0.3, -0.25) is 0 Å². The fourth-order valence-corrected chi connectivity index (χ4v) is 2.64. The SMILES string of the molecule is CN(C)c1ccc(CC(N)C2CCNCC2)cc1. The fourth-order valence-electron chi connectivity index (χ4n) is 2.64. The molecule has 0 aromatic heterocycles. The fraction of sp³-hybridized carbons (Fsp3) is 0.600. The minimum absolute atomic E-state index is 0.303. The van der Waals surface area contributed by atoms with E-state index in [1.807, 2.05) is 0 Å². The van der Waals surface area contributed by atoms with Crippen LogP contribution in [0, 0.1) is 5.92 Å². The normalized spacial score (nSPS) is 18.6. The second kappa shape index (κ2) is 6.21. The van der Waals surface area contributed by atoms with Crippen molar-refractivity contribution in [3.05, 3.63) is 29.8 Å². The molecule has 1 aliphatic rings. The van der Waals surface area contributed by atoms with Crippen LogP contribution in [0.4, 0.5) is 5.69 Å². The Morgan fingerprint density at radius 1 is 1.22 bits per heavy atom. The number of anilines is 1. The molecule has 1 atom stereocenters. The lowest BCUT2D eigenvalue weighted by Gasteiger charge is -2.28. The quantitative estimate of drug-likeness (QED) is 0.849. The molecule has 2 rings (SSSR count). The summed E-state index contributed by atoms with van der Waals surface area (Å²) in [5, 5.41) is 3.39. The summed E-state index contributed by atoms with van der Waals surface area (Å²) in [6.07, 6.45) is 3.44. The van der Waals surface area contributed by atoms with Gasteiger partial charge in [0.05, 0.1) is 0 Å². The lowest BCUT2D eigenvalue weighted by Crippen LogP contribution is -2.39. The second-order valence-electron chi connectivity index (χ2n) is 5.52. The molecule has 1 unspecified atom stereocenters. The third-order valence-electron chi connectivity index (χ3n) is 3.91. The predicted molar refractivity (Wildman–Crippen MR) is 78.0 cm³/mol. The first-order valence-electron chi connectivity index (χ1n) is 6.89. The summed E-state index contributed by atoms with van der Waals surface area (Å²) in [5.41, 5.74) is 8.94. The summed E-state index contributed by atoms with van der Waals surface area (Å²) < 4.78 is 0. The molecule has 0 radical (unpaired) electrons. The monoisotopic (exact) mass is 247 g/mol. The molecule has 1 fully saturated rings. The number of nitrogens with zero attached hydrogens (tertiary/aromatic N) is 1. The summed E-state index contributed by atoms with van der Waals surface area (Å²) in [4.78, 5) is 2.12. The van der Waals surface area contributed by atoms with E-state index in [1.165, 1.54) is 24.1 Å². The Kier molecular flexibility index (Phi) is 4.61. The van der Waals surface area contributed by atoms with Gasteiger partial charge in [-0.2, -0.15) is 0 Å². The molecule has 1 heterocycles. The number of nitrogens with two attached hydrogens (primary N) is 1. The highest BCUT2D eigenvalue weighted by atomic mass is 15.1. The van der Waals surface area contributed by atoms with Gasteiger partial charge in [0.1, 0.15) is 0 Å². The van der Waals surface area contributed by atoms with Crippen LogP contribution in [0.2, 0.25) is 0 Å². The molecule has 3 heteroatoms. The standard InChI is InChI=1S/C15H25N3/c1-18(2)14-5-3-12(4-6-14)11-15(16)13-7-9-17-10-8-13/h3-6,13,15,17H,7-11,16H2,1-2H3. The Bertz CT molecular complexity index is 353. The Balaban J connectivity index is 1.91. The zero-order chi connectivity index (χ0) is 13.0. The first kappa shape index (κ1) is 13.4. The van der Waals surface area contributed by atoms with E-state index >= 15 is 0 Å². The van der Waals surface area contributed by atoms with Crippen LogP contribution in [0.25, 0.3) is 0 Å². The second-order valence-corrected chi connectivity index (χ2v) is 5.52. The van der Waals surface area contributed by atoms with Gasteiger partial charge in [-0.15, -0.1) is 0 Å². The highest BCUT2D eigenvalue weighted by molar-refractivity contribution is 5.46. The summed E-state index contributed by atoms with van der Waals surface area (Å²) in [6.45, 7) is 2.25. The maximum atomic E-state index is 6.34. The van der Waals surface area contributed by atoms with Gasteiger partial charge in [0.15, 0.2) is 0 Å². The minimum atomic E-state index is 0.303. The lowest BCUT2D eigenvalue weighted by molar-refractivity contribution is 0.316. The van der Waals surface area contributed by atoms with Crippen LogP contribution in [0.3, 0.4) is 0 Å². The maximum absolute atomic E-state index is 6.34. The molecule has 1 aromatic carbocycles. The minimum Gasteiger partial charge on any atom is -0.378 e. The highest BCUT2D eigenvalue weighted by Crippen LogP contribution is 2.19. The van der Waals surface area contributed by atoms with Crippen molar-refractivity contribution in [2.75, 3.05) is 32.1 Å². The average molecular weight is 247 g/mol. The molecular weight excluding hydrogens is 222 g/mol. The van der Waals surface area contributed by atoms with Crippen molar-refractivity contribution in [1.29, 1.82) is 0 Å². The van der Waals surface area contributed by atoms with Gasteiger partial charge >= 0.3 is 0 Å². The molecule has 3 N–H and O–H groups in total. The van der Waals surface area contributed by atoms with E-state index in [0.29, 0.717) is 12.0 Å². The Hall–Kier alpha value is -1.06. The van der Waals surface area contributed by atoms with Crippen molar-refractivity contribution in [2.45, 2.75) is 25.3 Å². The van der Waals surface area contributed by atoms with Crippen LogP contribution < -0.4 is 16.0 Å². The molecule has 1 aliphatic heterocycles. The molecule has 100 valence electrons. The number of benzene rings is 1. The first-order valence-corrected chi connectivity index (χ1v) is 6.89. The molecule has 0 bridgehead atoms. The number of rotatable bonds is 4. The van der Waals surface area contributed by atoms with Crippen molar-refractivity contribution < 1.29 is 0 Å². The van der Waals surface area contributed by atoms with Gasteiger partial charge in [0, 0.05) is 25.8 Å². The molecule has 1 saturated heterocycles. The van der Waals surface area contributed by atoms with Gasteiger partial charge in [0.25, 0.3) is 0 Å². The topological polar surface area (TPSA) is 41.3 Å². The van der Waals surface area contributed by atoms with Crippen molar-refractivity contribution in [1.82, 2.24) is 5.32 Å². The van der Waals surface area contributed by atoms with Gasteiger partial charge in [0.2, 0.25) is 0 Å². The number of nitrogens with one attached hydrogen (secondary N) is 1. The van der Waals surface area contributed by atoms with Crippen LogP contribution >= 0.6 is 0 Å². The Labute approximate surface area is 110 Å². The average Bonchev–Trinajstić information content (AvgIpc) is 2.40. The number of piperidine rings is 1. The third-order valence-corrected chi connectivity index (χ3v) is 3.91. The number of hydrogen-bond acceptors (Lipinski definition) is 3. The van der Waals surface area contributed by atoms with Gasteiger partial charge in [-0.1, -0.05) is 12.1 Å². The van der Waals surface area contributed by atoms with Crippen LogP contribution in [0.5, 0.6) is 0 Å². The van der Waals surface area contributed by atoms with Gasteiger partial charge < -0.3 is 16.0 Å². The first-order chi connectivity index (χ1) is 8.66. The molecule has 0 aliphatic carbocycles. The van der Waals surface area contributed by atoms with Crippen LogP contribution in [0.15, 0.2) is 24.3 Å². The predicted octanol–water partition coefficient (Wildman–Crippen LogP) is 1.62. The van der Waals surface area contributed by atoms with Crippen molar-refractivity contribution >= 4 is 5.69 Å². The summed E-state index contributed by atoms with van der Waals surface area (Å²) in [5.74, 6) is 0.680. The summed E-state index contributed by atoms with van der Waals surface area (Å²) in [7, 11) is 4.13. The largest absolute Gasteiger partial charge is 0.378 e.